The molecule has 0 aliphatic carbocycles. The Morgan fingerprint density at radius 1 is 0.800 bits per heavy atom. The minimum atomic E-state index is -1.23. The van der Waals surface area contributed by atoms with Crippen LogP contribution in [0.1, 0.15) is 110 Å². The summed E-state index contributed by atoms with van der Waals surface area (Å²) in [5.41, 5.74) is 0. The largest absolute Gasteiger partial charge is 0.505 e. The van der Waals surface area contributed by atoms with Gasteiger partial charge in [0, 0.05) is 6.61 Å². The molecule has 2 atom stereocenters. The van der Waals surface area contributed by atoms with E-state index in [0.717, 1.165) is 12.8 Å². The molecule has 6 nitrogen and oxygen atoms in total. The van der Waals surface area contributed by atoms with Crippen LogP contribution in [0, 0.1) is 0 Å². The third-order valence-electron chi connectivity index (χ3n) is 5.72. The molecule has 0 fully saturated rings. The first-order chi connectivity index (χ1) is 14.6. The summed E-state index contributed by atoms with van der Waals surface area (Å²) in [7, 11) is 0. The molecule has 1 heterocycles. The molecule has 1 aliphatic heterocycles. The fourth-order valence-electron chi connectivity index (χ4n) is 3.77. The van der Waals surface area contributed by atoms with Gasteiger partial charge in [0.15, 0.2) is 11.9 Å². The number of esters is 1. The molecule has 1 aliphatic rings. The maximum Gasteiger partial charge on any atom is 0.377 e. The van der Waals surface area contributed by atoms with Crippen LogP contribution in [0.25, 0.3) is 0 Å². The predicted octanol–water partition coefficient (Wildman–Crippen LogP) is 5.88. The van der Waals surface area contributed by atoms with Crippen molar-refractivity contribution in [2.75, 3.05) is 13.2 Å². The summed E-state index contributed by atoms with van der Waals surface area (Å²) in [5.74, 6) is -2.48. The molecule has 0 bridgehead atoms. The number of hydrogen-bond donors (Lipinski definition) is 3. The smallest absolute Gasteiger partial charge is 0.377 e. The van der Waals surface area contributed by atoms with Crippen molar-refractivity contribution in [1.82, 2.24) is 0 Å². The molecule has 0 aromatic rings. The number of unbranched alkanes of at least 4 members (excludes halogenated alkanes) is 15. The minimum Gasteiger partial charge on any atom is -0.505 e. The summed E-state index contributed by atoms with van der Waals surface area (Å²) in [6, 6.07) is 0. The van der Waals surface area contributed by atoms with Gasteiger partial charge in [-0.2, -0.15) is 0 Å². The zero-order valence-corrected chi connectivity index (χ0v) is 18.9. The van der Waals surface area contributed by atoms with E-state index >= 15 is 0 Å². The van der Waals surface area contributed by atoms with E-state index in [1.54, 1.807) is 0 Å². The molecule has 3 N–H and O–H groups in total. The van der Waals surface area contributed by atoms with Crippen LogP contribution < -0.4 is 0 Å². The Kier molecular flexibility index (Phi) is 15.5. The summed E-state index contributed by atoms with van der Waals surface area (Å²) < 4.78 is 10.1. The molecule has 6 heteroatoms. The summed E-state index contributed by atoms with van der Waals surface area (Å²) in [4.78, 5) is 11.1. The second-order valence-corrected chi connectivity index (χ2v) is 8.51. The SMILES string of the molecule is CCCCCCCCCCCCCCCCCCOCC(O)C1OC(=O)C(O)=C1O. The van der Waals surface area contributed by atoms with Crippen molar-refractivity contribution in [2.24, 2.45) is 0 Å². The Bertz CT molecular complexity index is 476. The van der Waals surface area contributed by atoms with Crippen LogP contribution in [0.4, 0.5) is 0 Å². The fourth-order valence-corrected chi connectivity index (χ4v) is 3.77. The van der Waals surface area contributed by atoms with Gasteiger partial charge in [0.25, 0.3) is 0 Å². The highest BCUT2D eigenvalue weighted by atomic mass is 16.6. The minimum absolute atomic E-state index is 0.0476. The van der Waals surface area contributed by atoms with Gasteiger partial charge in [-0.05, 0) is 6.42 Å². The highest BCUT2D eigenvalue weighted by Gasteiger charge is 2.39. The van der Waals surface area contributed by atoms with Gasteiger partial charge in [-0.25, -0.2) is 4.79 Å². The average Bonchev–Trinajstić information content (AvgIpc) is 3.00. The van der Waals surface area contributed by atoms with Crippen LogP contribution in [0.3, 0.4) is 0 Å². The second-order valence-electron chi connectivity index (χ2n) is 8.51. The summed E-state index contributed by atoms with van der Waals surface area (Å²) in [5, 5.41) is 28.6. The number of carbonyl (C=O) groups is 1. The Morgan fingerprint density at radius 2 is 1.23 bits per heavy atom. The van der Waals surface area contributed by atoms with Gasteiger partial charge in [0.1, 0.15) is 6.10 Å². The zero-order valence-electron chi connectivity index (χ0n) is 18.9. The van der Waals surface area contributed by atoms with E-state index in [2.05, 4.69) is 6.92 Å². The van der Waals surface area contributed by atoms with Gasteiger partial charge in [-0.1, -0.05) is 103 Å². The number of aliphatic hydroxyl groups excluding tert-OH is 3. The maximum atomic E-state index is 11.1. The summed E-state index contributed by atoms with van der Waals surface area (Å²) in [6.07, 6.45) is 18.6. The van der Waals surface area contributed by atoms with Crippen LogP contribution in [0.2, 0.25) is 0 Å². The van der Waals surface area contributed by atoms with Gasteiger partial charge in [-0.15, -0.1) is 0 Å². The Labute approximate surface area is 182 Å². The molecule has 30 heavy (non-hydrogen) atoms. The van der Waals surface area contributed by atoms with Crippen molar-refractivity contribution in [3.63, 3.8) is 0 Å². The monoisotopic (exact) mass is 428 g/mol. The van der Waals surface area contributed by atoms with Gasteiger partial charge in [0.05, 0.1) is 6.61 Å². The number of ether oxygens (including phenoxy) is 2. The topological polar surface area (TPSA) is 96.2 Å². The maximum absolute atomic E-state index is 11.1. The van der Waals surface area contributed by atoms with Crippen molar-refractivity contribution in [1.29, 1.82) is 0 Å². The molecule has 0 spiro atoms. The van der Waals surface area contributed by atoms with Crippen molar-refractivity contribution >= 4 is 5.97 Å². The standard InChI is InChI=1S/C24H44O6/c1-2-3-4-5-6-7-8-9-10-11-12-13-14-15-16-17-18-29-19-20(25)23-21(26)22(27)24(28)30-23/h20,23,25-27H,2-19H2,1H3. The number of aliphatic hydroxyl groups is 3. The highest BCUT2D eigenvalue weighted by molar-refractivity contribution is 5.89. The molecule has 2 unspecified atom stereocenters. The summed E-state index contributed by atoms with van der Waals surface area (Å²) in [6.45, 7) is 2.74. The van der Waals surface area contributed by atoms with E-state index in [1.807, 2.05) is 0 Å². The van der Waals surface area contributed by atoms with Crippen molar-refractivity contribution in [2.45, 2.75) is 122 Å². The molecular formula is C24H44O6. The fraction of sp³-hybridized carbons (Fsp3) is 0.875. The number of hydrogen-bond acceptors (Lipinski definition) is 6. The normalized spacial score (nSPS) is 17.5. The molecule has 0 aromatic carbocycles. The Balaban J connectivity index is 1.79. The van der Waals surface area contributed by atoms with Crippen LogP contribution in [-0.4, -0.2) is 46.7 Å². The first-order valence-corrected chi connectivity index (χ1v) is 12.2. The van der Waals surface area contributed by atoms with E-state index in [4.69, 9.17) is 9.47 Å². The van der Waals surface area contributed by atoms with Crippen LogP contribution in [0.15, 0.2) is 11.5 Å². The number of cyclic esters (lactones) is 1. The molecule has 0 saturated heterocycles. The van der Waals surface area contributed by atoms with Crippen molar-refractivity contribution < 1.29 is 29.6 Å². The lowest BCUT2D eigenvalue weighted by Gasteiger charge is -2.17. The highest BCUT2D eigenvalue weighted by Crippen LogP contribution is 2.21. The molecular weight excluding hydrogens is 384 g/mol. The van der Waals surface area contributed by atoms with Gasteiger partial charge in [-0.3, -0.25) is 0 Å². The molecule has 0 radical (unpaired) electrons. The van der Waals surface area contributed by atoms with E-state index < -0.39 is 29.7 Å². The lowest BCUT2D eigenvalue weighted by atomic mass is 10.0. The van der Waals surface area contributed by atoms with Crippen molar-refractivity contribution in [3.8, 4) is 0 Å². The van der Waals surface area contributed by atoms with Gasteiger partial charge in [0.2, 0.25) is 5.76 Å². The van der Waals surface area contributed by atoms with Crippen LogP contribution in [-0.2, 0) is 14.3 Å². The number of carbonyl (C=O) groups excluding carboxylic acids is 1. The van der Waals surface area contributed by atoms with E-state index in [-0.39, 0.29) is 6.61 Å². The quantitative estimate of drug-likeness (QED) is 0.166. The predicted molar refractivity (Wildman–Crippen MR) is 119 cm³/mol. The lowest BCUT2D eigenvalue weighted by Crippen LogP contribution is -2.33. The Morgan fingerprint density at radius 3 is 1.63 bits per heavy atom. The zero-order chi connectivity index (χ0) is 22.0. The van der Waals surface area contributed by atoms with Gasteiger partial charge >= 0.3 is 5.97 Å². The van der Waals surface area contributed by atoms with Crippen LogP contribution >= 0.6 is 0 Å². The molecule has 0 aromatic heterocycles. The third kappa shape index (κ3) is 11.8. The molecule has 0 amide bonds. The lowest BCUT2D eigenvalue weighted by molar-refractivity contribution is -0.148. The second kappa shape index (κ2) is 17.4. The van der Waals surface area contributed by atoms with E-state index in [9.17, 15) is 20.1 Å². The molecule has 0 saturated carbocycles. The first kappa shape index (κ1) is 26.8. The molecule has 1 rings (SSSR count). The summed E-state index contributed by atoms with van der Waals surface area (Å²) >= 11 is 0. The van der Waals surface area contributed by atoms with E-state index in [0.29, 0.717) is 6.61 Å². The van der Waals surface area contributed by atoms with E-state index in [1.165, 1.54) is 89.9 Å². The Hall–Kier alpha value is -1.27. The average molecular weight is 429 g/mol. The molecule has 176 valence electrons. The van der Waals surface area contributed by atoms with Gasteiger partial charge < -0.3 is 24.8 Å². The van der Waals surface area contributed by atoms with Crippen molar-refractivity contribution in [3.05, 3.63) is 11.5 Å². The number of rotatable bonds is 20. The van der Waals surface area contributed by atoms with Crippen LogP contribution in [0.5, 0.6) is 0 Å². The first-order valence-electron chi connectivity index (χ1n) is 12.2. The third-order valence-corrected chi connectivity index (χ3v) is 5.72.